The second-order valence-electron chi connectivity index (χ2n) is 4.58. The van der Waals surface area contributed by atoms with Crippen molar-refractivity contribution in [3.8, 4) is 0 Å². The molecule has 92 valence electrons. The fourth-order valence-corrected chi connectivity index (χ4v) is 2.29. The van der Waals surface area contributed by atoms with Gasteiger partial charge in [-0.05, 0) is 12.8 Å². The maximum atomic E-state index is 11.9. The summed E-state index contributed by atoms with van der Waals surface area (Å²) in [5.41, 5.74) is -0.830. The number of hydrogen-bond acceptors (Lipinski definition) is 3. The molecule has 1 heterocycles. The molecule has 17 heavy (non-hydrogen) atoms. The lowest BCUT2D eigenvalue weighted by Gasteiger charge is -2.09. The van der Waals surface area contributed by atoms with Crippen molar-refractivity contribution < 1.29 is 4.79 Å². The number of carbonyl (C=O) groups excluding carboxylic acids is 1. The fraction of sp³-hybridized carbons (Fsp3) is 0.583. The molecule has 1 saturated carbocycles. The molecule has 0 spiro atoms. The molecule has 1 aromatic rings. The molecule has 5 heteroatoms. The standard InChI is InChI=1S/C12H16N2O3/c1-13-7-6-11(16)14(12(13)17)8-10(15)9-4-2-3-5-9/h6-7,9H,2-5,8H2,1H3. The molecular weight excluding hydrogens is 220 g/mol. The molecule has 0 radical (unpaired) electrons. The fourth-order valence-electron chi connectivity index (χ4n) is 2.29. The van der Waals surface area contributed by atoms with E-state index in [9.17, 15) is 14.4 Å². The molecule has 0 aliphatic heterocycles. The second-order valence-corrected chi connectivity index (χ2v) is 4.58. The Morgan fingerprint density at radius 2 is 2.00 bits per heavy atom. The number of aromatic nitrogens is 2. The van der Waals surface area contributed by atoms with Crippen LogP contribution in [0.3, 0.4) is 0 Å². The van der Waals surface area contributed by atoms with E-state index in [1.54, 1.807) is 7.05 Å². The molecule has 1 aliphatic rings. The first-order valence-electron chi connectivity index (χ1n) is 5.89. The molecule has 0 saturated heterocycles. The van der Waals surface area contributed by atoms with E-state index in [1.165, 1.54) is 16.8 Å². The largest absolute Gasteiger partial charge is 0.331 e. The molecule has 0 bridgehead atoms. The van der Waals surface area contributed by atoms with Crippen LogP contribution in [0.25, 0.3) is 0 Å². The summed E-state index contributed by atoms with van der Waals surface area (Å²) in [6, 6.07) is 1.31. The van der Waals surface area contributed by atoms with Crippen LogP contribution in [0.5, 0.6) is 0 Å². The summed E-state index contributed by atoms with van der Waals surface area (Å²) in [6.45, 7) is -0.0863. The van der Waals surface area contributed by atoms with Gasteiger partial charge in [-0.15, -0.1) is 0 Å². The van der Waals surface area contributed by atoms with Gasteiger partial charge in [0, 0.05) is 25.2 Å². The van der Waals surface area contributed by atoms with Crippen LogP contribution in [0.15, 0.2) is 21.9 Å². The Hall–Kier alpha value is -1.65. The normalized spacial score (nSPS) is 16.3. The van der Waals surface area contributed by atoms with Crippen molar-refractivity contribution in [1.29, 1.82) is 0 Å². The number of aryl methyl sites for hydroxylation is 1. The van der Waals surface area contributed by atoms with Crippen LogP contribution >= 0.6 is 0 Å². The van der Waals surface area contributed by atoms with Gasteiger partial charge in [0.1, 0.15) is 0 Å². The van der Waals surface area contributed by atoms with Gasteiger partial charge < -0.3 is 4.57 Å². The van der Waals surface area contributed by atoms with E-state index in [2.05, 4.69) is 0 Å². The van der Waals surface area contributed by atoms with Crippen molar-refractivity contribution >= 4 is 5.78 Å². The average molecular weight is 236 g/mol. The van der Waals surface area contributed by atoms with E-state index in [1.807, 2.05) is 0 Å². The van der Waals surface area contributed by atoms with Crippen LogP contribution in [0.4, 0.5) is 0 Å². The monoisotopic (exact) mass is 236 g/mol. The summed E-state index contributed by atoms with van der Waals surface area (Å²) in [5.74, 6) is 0.0414. The minimum absolute atomic E-state index is 0.00731. The van der Waals surface area contributed by atoms with Crippen molar-refractivity contribution in [2.45, 2.75) is 32.2 Å². The van der Waals surface area contributed by atoms with Crippen LogP contribution in [0, 0.1) is 5.92 Å². The minimum atomic E-state index is -0.427. The van der Waals surface area contributed by atoms with Crippen LogP contribution in [-0.4, -0.2) is 14.9 Å². The highest BCUT2D eigenvalue weighted by Gasteiger charge is 2.23. The van der Waals surface area contributed by atoms with Gasteiger partial charge in [0.15, 0.2) is 5.78 Å². The Morgan fingerprint density at radius 1 is 1.35 bits per heavy atom. The third-order valence-corrected chi connectivity index (χ3v) is 3.36. The lowest BCUT2D eigenvalue weighted by molar-refractivity contribution is -0.123. The van der Waals surface area contributed by atoms with Crippen LogP contribution in [-0.2, 0) is 18.4 Å². The van der Waals surface area contributed by atoms with Gasteiger partial charge in [-0.2, -0.15) is 0 Å². The van der Waals surface area contributed by atoms with Crippen molar-refractivity contribution in [3.63, 3.8) is 0 Å². The predicted molar refractivity (Wildman–Crippen MR) is 62.9 cm³/mol. The number of carbonyl (C=O) groups is 1. The molecule has 1 aromatic heterocycles. The smallest absolute Gasteiger partial charge is 0.303 e. The zero-order valence-electron chi connectivity index (χ0n) is 9.89. The Labute approximate surface area is 98.7 Å². The van der Waals surface area contributed by atoms with Gasteiger partial charge in [-0.3, -0.25) is 14.2 Å². The highest BCUT2D eigenvalue weighted by molar-refractivity contribution is 5.81. The topological polar surface area (TPSA) is 61.1 Å². The number of Topliss-reactive ketones (excluding diaryl/α,β-unsaturated/α-hetero) is 1. The van der Waals surface area contributed by atoms with Gasteiger partial charge in [0.05, 0.1) is 6.54 Å². The second kappa shape index (κ2) is 4.69. The average Bonchev–Trinajstić information content (AvgIpc) is 2.83. The van der Waals surface area contributed by atoms with Crippen LogP contribution < -0.4 is 11.2 Å². The highest BCUT2D eigenvalue weighted by atomic mass is 16.2. The van der Waals surface area contributed by atoms with Crippen molar-refractivity contribution in [3.05, 3.63) is 33.1 Å². The van der Waals surface area contributed by atoms with Crippen molar-refractivity contribution in [2.75, 3.05) is 0 Å². The summed E-state index contributed by atoms with van der Waals surface area (Å²) in [7, 11) is 1.57. The number of rotatable bonds is 3. The molecule has 0 amide bonds. The van der Waals surface area contributed by atoms with Crippen molar-refractivity contribution in [1.82, 2.24) is 9.13 Å². The maximum absolute atomic E-state index is 11.9. The lowest BCUT2D eigenvalue weighted by atomic mass is 10.0. The van der Waals surface area contributed by atoms with Gasteiger partial charge in [0.25, 0.3) is 5.56 Å². The van der Waals surface area contributed by atoms with E-state index >= 15 is 0 Å². The number of hydrogen-bond donors (Lipinski definition) is 0. The number of nitrogens with zero attached hydrogens (tertiary/aromatic N) is 2. The Balaban J connectivity index is 2.24. The first-order chi connectivity index (χ1) is 8.09. The summed E-state index contributed by atoms with van der Waals surface area (Å²) < 4.78 is 2.32. The van der Waals surface area contributed by atoms with Gasteiger partial charge >= 0.3 is 5.69 Å². The summed E-state index contributed by atoms with van der Waals surface area (Å²) in [4.78, 5) is 35.2. The maximum Gasteiger partial charge on any atom is 0.331 e. The molecule has 0 unspecified atom stereocenters. The first-order valence-corrected chi connectivity index (χ1v) is 5.89. The number of ketones is 1. The summed E-state index contributed by atoms with van der Waals surface area (Å²) in [5, 5.41) is 0. The minimum Gasteiger partial charge on any atom is -0.303 e. The molecular formula is C12H16N2O3. The molecule has 0 atom stereocenters. The quantitative estimate of drug-likeness (QED) is 0.758. The van der Waals surface area contributed by atoms with E-state index < -0.39 is 11.2 Å². The molecule has 5 nitrogen and oxygen atoms in total. The van der Waals surface area contributed by atoms with Gasteiger partial charge in [0.2, 0.25) is 0 Å². The van der Waals surface area contributed by atoms with E-state index in [0.29, 0.717) is 0 Å². The predicted octanol–water partition coefficient (Wildman–Crippen LogP) is 0.306. The Morgan fingerprint density at radius 3 is 2.65 bits per heavy atom. The molecule has 2 rings (SSSR count). The summed E-state index contributed by atoms with van der Waals surface area (Å²) in [6.07, 6.45) is 5.33. The zero-order valence-corrected chi connectivity index (χ0v) is 9.89. The Kier molecular flexibility index (Phi) is 3.26. The molecule has 0 N–H and O–H groups in total. The third-order valence-electron chi connectivity index (χ3n) is 3.36. The summed E-state index contributed by atoms with van der Waals surface area (Å²) >= 11 is 0. The third kappa shape index (κ3) is 2.38. The SMILES string of the molecule is Cn1ccc(=O)n(CC(=O)C2CCCC2)c1=O. The van der Waals surface area contributed by atoms with Crippen molar-refractivity contribution in [2.24, 2.45) is 13.0 Å². The first kappa shape index (κ1) is 11.8. The molecule has 1 fully saturated rings. The van der Waals surface area contributed by atoms with Crippen LogP contribution in [0.1, 0.15) is 25.7 Å². The zero-order chi connectivity index (χ0) is 12.4. The lowest BCUT2D eigenvalue weighted by Crippen LogP contribution is -2.40. The molecule has 0 aromatic carbocycles. The molecule has 1 aliphatic carbocycles. The Bertz CT molecular complexity index is 535. The van der Waals surface area contributed by atoms with Crippen LogP contribution in [0.2, 0.25) is 0 Å². The highest BCUT2D eigenvalue weighted by Crippen LogP contribution is 2.25. The van der Waals surface area contributed by atoms with Gasteiger partial charge in [-0.1, -0.05) is 12.8 Å². The van der Waals surface area contributed by atoms with E-state index in [-0.39, 0.29) is 18.2 Å². The van der Waals surface area contributed by atoms with E-state index in [4.69, 9.17) is 0 Å². The van der Waals surface area contributed by atoms with Gasteiger partial charge in [-0.25, -0.2) is 4.79 Å². The van der Waals surface area contributed by atoms with E-state index in [0.717, 1.165) is 30.3 Å².